The topological polar surface area (TPSA) is 52.6 Å². The summed E-state index contributed by atoms with van der Waals surface area (Å²) in [6.45, 7) is 2.95. The van der Waals surface area contributed by atoms with Crippen LogP contribution in [-0.2, 0) is 4.79 Å². The summed E-state index contributed by atoms with van der Waals surface area (Å²) in [5.41, 5.74) is 0. The van der Waals surface area contributed by atoms with Gasteiger partial charge in [-0.25, -0.2) is 0 Å². The highest BCUT2D eigenvalue weighted by molar-refractivity contribution is 6.18. The number of aliphatic hydroxyl groups excluding tert-OH is 1. The fourth-order valence-electron chi connectivity index (χ4n) is 1.59. The quantitative estimate of drug-likeness (QED) is 0.476. The molecule has 1 rings (SSSR count). The number of hydrogen-bond acceptors (Lipinski definition) is 3. The second kappa shape index (κ2) is 6.22. The number of alkyl halides is 1. The number of carbonyl (C=O) groups is 1. The number of halogens is 1. The Labute approximate surface area is 89.2 Å². The van der Waals surface area contributed by atoms with Crippen LogP contribution in [0.25, 0.3) is 0 Å². The van der Waals surface area contributed by atoms with Crippen molar-refractivity contribution in [3.8, 4) is 0 Å². The number of aliphatic hydroxyl groups is 1. The molecule has 2 N–H and O–H groups in total. The van der Waals surface area contributed by atoms with Gasteiger partial charge >= 0.3 is 0 Å². The summed E-state index contributed by atoms with van der Waals surface area (Å²) < 4.78 is 0. The fourth-order valence-corrected chi connectivity index (χ4v) is 1.80. The third-order valence-corrected chi connectivity index (χ3v) is 2.80. The molecule has 0 radical (unpaired) electrons. The Balaban J connectivity index is 2.15. The minimum atomic E-state index is 0.137. The van der Waals surface area contributed by atoms with Crippen molar-refractivity contribution in [3.05, 3.63) is 0 Å². The van der Waals surface area contributed by atoms with Crippen LogP contribution in [-0.4, -0.2) is 54.6 Å². The maximum Gasteiger partial charge on any atom is 0.223 e. The van der Waals surface area contributed by atoms with Gasteiger partial charge in [0.2, 0.25) is 5.91 Å². The van der Waals surface area contributed by atoms with E-state index in [0.29, 0.717) is 31.3 Å². The van der Waals surface area contributed by atoms with Crippen LogP contribution >= 0.6 is 11.6 Å². The maximum absolute atomic E-state index is 11.4. The van der Waals surface area contributed by atoms with Crippen molar-refractivity contribution in [2.24, 2.45) is 5.92 Å². The lowest BCUT2D eigenvalue weighted by atomic mass is 10.2. The summed E-state index contributed by atoms with van der Waals surface area (Å²) in [6.07, 6.45) is 0.587. The molecular weight excluding hydrogens is 204 g/mol. The summed E-state index contributed by atoms with van der Waals surface area (Å²) >= 11 is 5.69. The molecular formula is C9H17ClN2O2. The number of amides is 1. The smallest absolute Gasteiger partial charge is 0.223 e. The maximum atomic E-state index is 11.4. The Morgan fingerprint density at radius 1 is 1.57 bits per heavy atom. The van der Waals surface area contributed by atoms with Gasteiger partial charge < -0.3 is 15.3 Å². The lowest BCUT2D eigenvalue weighted by Gasteiger charge is -2.16. The number of carbonyl (C=O) groups excluding carboxylic acids is 1. The van der Waals surface area contributed by atoms with E-state index in [2.05, 4.69) is 5.32 Å². The number of rotatable bonds is 6. The van der Waals surface area contributed by atoms with Gasteiger partial charge in [-0.2, -0.15) is 0 Å². The van der Waals surface area contributed by atoms with Crippen LogP contribution in [0.15, 0.2) is 0 Å². The minimum Gasteiger partial charge on any atom is -0.395 e. The van der Waals surface area contributed by atoms with Crippen molar-refractivity contribution in [2.45, 2.75) is 6.42 Å². The number of likely N-dealkylation sites (tertiary alicyclic amines) is 1. The second-order valence-corrected chi connectivity index (χ2v) is 3.85. The molecule has 0 aliphatic carbocycles. The van der Waals surface area contributed by atoms with E-state index in [4.69, 9.17) is 16.7 Å². The van der Waals surface area contributed by atoms with Crippen LogP contribution in [0.3, 0.4) is 0 Å². The van der Waals surface area contributed by atoms with Crippen molar-refractivity contribution >= 4 is 17.5 Å². The third-order valence-electron chi connectivity index (χ3n) is 2.36. The number of nitrogens with zero attached hydrogens (tertiary/aromatic N) is 1. The summed E-state index contributed by atoms with van der Waals surface area (Å²) in [6, 6.07) is 0. The van der Waals surface area contributed by atoms with Gasteiger partial charge in [-0.05, 0) is 5.92 Å². The predicted molar refractivity (Wildman–Crippen MR) is 55.4 cm³/mol. The molecule has 0 saturated carbocycles. The molecule has 1 unspecified atom stereocenters. The van der Waals surface area contributed by atoms with E-state index in [-0.39, 0.29) is 12.5 Å². The highest BCUT2D eigenvalue weighted by Crippen LogP contribution is 2.17. The van der Waals surface area contributed by atoms with Crippen molar-refractivity contribution in [3.63, 3.8) is 0 Å². The van der Waals surface area contributed by atoms with Gasteiger partial charge in [0.1, 0.15) is 0 Å². The Hall–Kier alpha value is -0.320. The molecule has 0 spiro atoms. The highest BCUT2D eigenvalue weighted by Gasteiger charge is 2.27. The average molecular weight is 221 g/mol. The van der Waals surface area contributed by atoms with Crippen molar-refractivity contribution in [2.75, 3.05) is 38.7 Å². The van der Waals surface area contributed by atoms with E-state index in [9.17, 15) is 4.79 Å². The number of hydrogen-bond donors (Lipinski definition) is 2. The molecule has 1 amide bonds. The Kier molecular flexibility index (Phi) is 5.22. The zero-order valence-corrected chi connectivity index (χ0v) is 8.96. The monoisotopic (exact) mass is 220 g/mol. The van der Waals surface area contributed by atoms with Crippen LogP contribution in [0.4, 0.5) is 0 Å². The average Bonchev–Trinajstić information content (AvgIpc) is 2.54. The first kappa shape index (κ1) is 11.8. The molecule has 0 aromatic heterocycles. The lowest BCUT2D eigenvalue weighted by molar-refractivity contribution is -0.127. The van der Waals surface area contributed by atoms with Crippen molar-refractivity contribution in [1.29, 1.82) is 0 Å². The Morgan fingerprint density at radius 3 is 2.93 bits per heavy atom. The largest absolute Gasteiger partial charge is 0.395 e. The molecule has 5 heteroatoms. The lowest BCUT2D eigenvalue weighted by Crippen LogP contribution is -2.34. The second-order valence-electron chi connectivity index (χ2n) is 3.54. The van der Waals surface area contributed by atoms with Crippen molar-refractivity contribution in [1.82, 2.24) is 10.2 Å². The molecule has 1 heterocycles. The SMILES string of the molecule is O=C1CC(CCl)CN1CCNCCO. The molecule has 0 bridgehead atoms. The van der Waals surface area contributed by atoms with E-state index in [1.54, 1.807) is 0 Å². The summed E-state index contributed by atoms with van der Waals surface area (Å²) in [4.78, 5) is 13.2. The highest BCUT2D eigenvalue weighted by atomic mass is 35.5. The first-order valence-electron chi connectivity index (χ1n) is 4.93. The van der Waals surface area contributed by atoms with Crippen LogP contribution in [0.5, 0.6) is 0 Å². The fraction of sp³-hybridized carbons (Fsp3) is 0.889. The van der Waals surface area contributed by atoms with E-state index in [0.717, 1.165) is 13.1 Å². The molecule has 1 aliphatic heterocycles. The Bertz CT molecular complexity index is 190. The summed E-state index contributed by atoms with van der Waals surface area (Å²) in [7, 11) is 0. The minimum absolute atomic E-state index is 0.137. The zero-order valence-electron chi connectivity index (χ0n) is 8.21. The van der Waals surface area contributed by atoms with E-state index >= 15 is 0 Å². The van der Waals surface area contributed by atoms with Gasteiger partial charge in [-0.1, -0.05) is 0 Å². The normalized spacial score (nSPS) is 22.0. The van der Waals surface area contributed by atoms with E-state index in [1.165, 1.54) is 0 Å². The summed E-state index contributed by atoms with van der Waals surface area (Å²) in [5.74, 6) is 1.08. The molecule has 0 aromatic rings. The molecule has 0 aromatic carbocycles. The number of nitrogens with one attached hydrogen (secondary N) is 1. The molecule has 4 nitrogen and oxygen atoms in total. The molecule has 14 heavy (non-hydrogen) atoms. The molecule has 1 saturated heterocycles. The van der Waals surface area contributed by atoms with Gasteiger partial charge in [0.05, 0.1) is 6.61 Å². The summed E-state index contributed by atoms with van der Waals surface area (Å²) in [5, 5.41) is 11.6. The zero-order chi connectivity index (χ0) is 10.4. The van der Waals surface area contributed by atoms with Gasteiger partial charge in [-0.3, -0.25) is 4.79 Å². The van der Waals surface area contributed by atoms with Crippen LogP contribution in [0, 0.1) is 5.92 Å². The van der Waals surface area contributed by atoms with Crippen LogP contribution in [0.2, 0.25) is 0 Å². The van der Waals surface area contributed by atoms with Crippen molar-refractivity contribution < 1.29 is 9.90 Å². The standard InChI is InChI=1S/C9H17ClN2O2/c10-6-8-5-9(14)12(7-8)3-1-11-2-4-13/h8,11,13H,1-7H2. The molecule has 1 aliphatic rings. The van der Waals surface area contributed by atoms with Gasteiger partial charge in [0.25, 0.3) is 0 Å². The van der Waals surface area contributed by atoms with Crippen LogP contribution in [0.1, 0.15) is 6.42 Å². The van der Waals surface area contributed by atoms with Gasteiger partial charge in [-0.15, -0.1) is 11.6 Å². The Morgan fingerprint density at radius 2 is 2.36 bits per heavy atom. The predicted octanol–water partition coefficient (Wildman–Crippen LogP) is -0.344. The van der Waals surface area contributed by atoms with Crippen LogP contribution < -0.4 is 5.32 Å². The molecule has 82 valence electrons. The first-order valence-corrected chi connectivity index (χ1v) is 5.46. The first-order chi connectivity index (χ1) is 6.77. The molecule has 1 fully saturated rings. The molecule has 1 atom stereocenters. The van der Waals surface area contributed by atoms with Gasteiger partial charge in [0, 0.05) is 38.5 Å². The van der Waals surface area contributed by atoms with Gasteiger partial charge in [0.15, 0.2) is 0 Å². The van der Waals surface area contributed by atoms with E-state index < -0.39 is 0 Å². The van der Waals surface area contributed by atoms with E-state index in [1.807, 2.05) is 4.90 Å². The third kappa shape index (κ3) is 3.44.